The first-order valence-electron chi connectivity index (χ1n) is 9.26. The van der Waals surface area contributed by atoms with Gasteiger partial charge in [0.2, 0.25) is 0 Å². The van der Waals surface area contributed by atoms with Crippen LogP contribution in [0.5, 0.6) is 0 Å². The number of hydrogen-bond acceptors (Lipinski definition) is 2. The Balaban J connectivity index is 2.06. The van der Waals surface area contributed by atoms with Crippen LogP contribution < -0.4 is 10.9 Å². The molecular weight excluding hydrogens is 244 g/mol. The van der Waals surface area contributed by atoms with Crippen LogP contribution in [0.4, 0.5) is 0 Å². The summed E-state index contributed by atoms with van der Waals surface area (Å²) in [6.45, 7) is 8.14. The van der Waals surface area contributed by atoms with E-state index in [4.69, 9.17) is 0 Å². The number of unbranched alkanes of at least 4 members (excludes halogenated alkanes) is 3. The highest BCUT2D eigenvalue weighted by atomic mass is 15.4. The predicted molar refractivity (Wildman–Crippen MR) is 89.7 cm³/mol. The molecule has 0 radical (unpaired) electrons. The van der Waals surface area contributed by atoms with Crippen molar-refractivity contribution in [1.82, 2.24) is 10.9 Å². The summed E-state index contributed by atoms with van der Waals surface area (Å²) in [5.41, 5.74) is 7.10. The van der Waals surface area contributed by atoms with Gasteiger partial charge in [-0.05, 0) is 31.1 Å². The first kappa shape index (κ1) is 18.0. The van der Waals surface area contributed by atoms with Crippen molar-refractivity contribution in [2.45, 2.75) is 97.4 Å². The lowest BCUT2D eigenvalue weighted by molar-refractivity contribution is 0.206. The molecule has 0 saturated heterocycles. The molecule has 1 unspecified atom stereocenters. The highest BCUT2D eigenvalue weighted by molar-refractivity contribution is 4.75. The van der Waals surface area contributed by atoms with Gasteiger partial charge in [0, 0.05) is 12.6 Å². The zero-order valence-corrected chi connectivity index (χ0v) is 14.2. The van der Waals surface area contributed by atoms with Gasteiger partial charge in [0.05, 0.1) is 0 Å². The molecule has 0 bridgehead atoms. The smallest absolute Gasteiger partial charge is 0.0212 e. The van der Waals surface area contributed by atoms with Crippen molar-refractivity contribution in [1.29, 1.82) is 0 Å². The van der Waals surface area contributed by atoms with Crippen molar-refractivity contribution in [2.24, 2.45) is 11.8 Å². The van der Waals surface area contributed by atoms with Gasteiger partial charge in [-0.2, -0.15) is 0 Å². The van der Waals surface area contributed by atoms with E-state index in [2.05, 4.69) is 31.6 Å². The quantitative estimate of drug-likeness (QED) is 0.365. The minimum atomic E-state index is 0.681. The molecule has 1 saturated carbocycles. The molecule has 2 nitrogen and oxygen atoms in total. The van der Waals surface area contributed by atoms with Crippen LogP contribution in [-0.2, 0) is 0 Å². The standard InChI is InChI=1S/C18H38N2/c1-4-6-8-13-18(12-7-5-2)20-19-15-14-16(3)17-10-9-11-17/h16-20H,4-15H2,1-3H3/t16?,18-/m0/s1. The van der Waals surface area contributed by atoms with Crippen LogP contribution in [-0.4, -0.2) is 12.6 Å². The SMILES string of the molecule is CCCCC[C@H](CCCC)NNCCC(C)C1CCC1. The van der Waals surface area contributed by atoms with E-state index in [1.165, 1.54) is 70.6 Å². The number of nitrogens with one attached hydrogen (secondary N) is 2. The highest BCUT2D eigenvalue weighted by Gasteiger charge is 2.23. The summed E-state index contributed by atoms with van der Waals surface area (Å²) in [6.07, 6.45) is 15.1. The third kappa shape index (κ3) is 7.64. The fraction of sp³-hybridized carbons (Fsp3) is 1.00. The molecule has 1 aliphatic carbocycles. The lowest BCUT2D eigenvalue weighted by Gasteiger charge is -2.31. The van der Waals surface area contributed by atoms with E-state index in [-0.39, 0.29) is 0 Å². The number of rotatable bonds is 13. The van der Waals surface area contributed by atoms with E-state index >= 15 is 0 Å². The van der Waals surface area contributed by atoms with Crippen LogP contribution in [0.1, 0.15) is 91.4 Å². The second-order valence-corrected chi connectivity index (χ2v) is 6.86. The zero-order valence-electron chi connectivity index (χ0n) is 14.2. The average molecular weight is 283 g/mol. The highest BCUT2D eigenvalue weighted by Crippen LogP contribution is 2.34. The normalized spacial score (nSPS) is 18.8. The lowest BCUT2D eigenvalue weighted by Crippen LogP contribution is -2.42. The van der Waals surface area contributed by atoms with E-state index in [0.717, 1.165) is 18.4 Å². The maximum Gasteiger partial charge on any atom is 0.0212 e. The summed E-state index contributed by atoms with van der Waals surface area (Å²) < 4.78 is 0. The Hall–Kier alpha value is -0.0800. The van der Waals surface area contributed by atoms with Gasteiger partial charge >= 0.3 is 0 Å². The van der Waals surface area contributed by atoms with Gasteiger partial charge in [-0.1, -0.05) is 72.1 Å². The van der Waals surface area contributed by atoms with Crippen LogP contribution in [0.15, 0.2) is 0 Å². The molecule has 2 atom stereocenters. The molecule has 0 amide bonds. The molecule has 0 aromatic rings. The molecule has 20 heavy (non-hydrogen) atoms. The summed E-state index contributed by atoms with van der Waals surface area (Å²) in [6, 6.07) is 0.681. The molecule has 1 rings (SSSR count). The second kappa shape index (κ2) is 11.6. The summed E-state index contributed by atoms with van der Waals surface area (Å²) >= 11 is 0. The van der Waals surface area contributed by atoms with Gasteiger partial charge in [0.15, 0.2) is 0 Å². The Morgan fingerprint density at radius 3 is 2.25 bits per heavy atom. The number of hydrogen-bond donors (Lipinski definition) is 2. The predicted octanol–water partition coefficient (Wildman–Crippen LogP) is 5.05. The lowest BCUT2D eigenvalue weighted by atomic mass is 9.75. The molecule has 120 valence electrons. The molecule has 0 aliphatic heterocycles. The molecule has 0 spiro atoms. The van der Waals surface area contributed by atoms with Crippen LogP contribution in [0.3, 0.4) is 0 Å². The number of hydrazine groups is 1. The summed E-state index contributed by atoms with van der Waals surface area (Å²) in [5.74, 6) is 1.93. The maximum absolute atomic E-state index is 3.59. The Labute approximate surface area is 127 Å². The monoisotopic (exact) mass is 282 g/mol. The summed E-state index contributed by atoms with van der Waals surface area (Å²) in [4.78, 5) is 0. The molecule has 0 aromatic carbocycles. The van der Waals surface area contributed by atoms with Gasteiger partial charge in [0.1, 0.15) is 0 Å². The fourth-order valence-electron chi connectivity index (χ4n) is 3.14. The van der Waals surface area contributed by atoms with E-state index in [0.29, 0.717) is 6.04 Å². The van der Waals surface area contributed by atoms with Crippen LogP contribution in [0.2, 0.25) is 0 Å². The van der Waals surface area contributed by atoms with Crippen LogP contribution in [0.25, 0.3) is 0 Å². The molecular formula is C18H38N2. The topological polar surface area (TPSA) is 24.1 Å². The molecule has 2 heteroatoms. The average Bonchev–Trinajstić information content (AvgIpc) is 2.38. The molecule has 2 N–H and O–H groups in total. The van der Waals surface area contributed by atoms with Crippen molar-refractivity contribution in [3.8, 4) is 0 Å². The molecule has 0 aromatic heterocycles. The third-order valence-corrected chi connectivity index (χ3v) is 5.05. The van der Waals surface area contributed by atoms with Gasteiger partial charge in [-0.15, -0.1) is 0 Å². The van der Waals surface area contributed by atoms with Crippen molar-refractivity contribution in [3.05, 3.63) is 0 Å². The maximum atomic E-state index is 3.59. The summed E-state index contributed by atoms with van der Waals surface area (Å²) in [7, 11) is 0. The molecule has 1 aliphatic rings. The van der Waals surface area contributed by atoms with E-state index < -0.39 is 0 Å². The molecule has 0 heterocycles. The van der Waals surface area contributed by atoms with Crippen molar-refractivity contribution in [3.63, 3.8) is 0 Å². The molecule has 1 fully saturated rings. The minimum Gasteiger partial charge on any atom is -0.258 e. The zero-order chi connectivity index (χ0) is 14.6. The first-order chi connectivity index (χ1) is 9.77. The van der Waals surface area contributed by atoms with Crippen LogP contribution in [0, 0.1) is 11.8 Å². The minimum absolute atomic E-state index is 0.681. The van der Waals surface area contributed by atoms with E-state index in [1.807, 2.05) is 0 Å². The first-order valence-corrected chi connectivity index (χ1v) is 9.26. The van der Waals surface area contributed by atoms with E-state index in [9.17, 15) is 0 Å². The summed E-state index contributed by atoms with van der Waals surface area (Å²) in [5, 5.41) is 0. The van der Waals surface area contributed by atoms with Crippen molar-refractivity contribution in [2.75, 3.05) is 6.54 Å². The van der Waals surface area contributed by atoms with Crippen molar-refractivity contribution >= 4 is 0 Å². The Kier molecular flexibility index (Phi) is 10.4. The Morgan fingerprint density at radius 2 is 1.65 bits per heavy atom. The van der Waals surface area contributed by atoms with Crippen LogP contribution >= 0.6 is 0 Å². The third-order valence-electron chi connectivity index (χ3n) is 5.05. The van der Waals surface area contributed by atoms with Gasteiger partial charge in [0.25, 0.3) is 0 Å². The Morgan fingerprint density at radius 1 is 0.950 bits per heavy atom. The fourth-order valence-corrected chi connectivity index (χ4v) is 3.14. The van der Waals surface area contributed by atoms with E-state index in [1.54, 1.807) is 0 Å². The van der Waals surface area contributed by atoms with Gasteiger partial charge in [-0.25, -0.2) is 0 Å². The largest absolute Gasteiger partial charge is 0.258 e. The second-order valence-electron chi connectivity index (χ2n) is 6.86. The van der Waals surface area contributed by atoms with Gasteiger partial charge < -0.3 is 0 Å². The Bertz CT molecular complexity index is 213. The van der Waals surface area contributed by atoms with Crippen molar-refractivity contribution < 1.29 is 0 Å². The van der Waals surface area contributed by atoms with Gasteiger partial charge in [-0.3, -0.25) is 10.9 Å².